The molecule has 1 aliphatic rings. The number of aryl methyl sites for hydroxylation is 1. The monoisotopic (exact) mass is 476 g/mol. The maximum atomic E-state index is 14.4. The molecule has 2 heterocycles. The van der Waals surface area contributed by atoms with E-state index in [0.717, 1.165) is 57.2 Å². The van der Waals surface area contributed by atoms with Gasteiger partial charge in [-0.2, -0.15) is 0 Å². The number of carbonyl (C=O) groups excluding carboxylic acids is 1. The van der Waals surface area contributed by atoms with Gasteiger partial charge in [-0.15, -0.1) is 0 Å². The van der Waals surface area contributed by atoms with E-state index >= 15 is 0 Å². The van der Waals surface area contributed by atoms with Crippen LogP contribution in [0.3, 0.4) is 0 Å². The quantitative estimate of drug-likeness (QED) is 0.333. The number of benzene rings is 2. The minimum atomic E-state index is -1.25. The van der Waals surface area contributed by atoms with Crippen LogP contribution in [0, 0.1) is 5.82 Å². The normalized spacial score (nSPS) is 15.1. The van der Waals surface area contributed by atoms with Crippen molar-refractivity contribution < 1.29 is 23.8 Å². The molecular formula is C26H25FN4O4. The third kappa shape index (κ3) is 4.37. The van der Waals surface area contributed by atoms with E-state index in [-0.39, 0.29) is 18.3 Å². The average molecular weight is 477 g/mol. The fourth-order valence-corrected chi connectivity index (χ4v) is 4.91. The molecule has 0 spiro atoms. The van der Waals surface area contributed by atoms with Gasteiger partial charge in [0.2, 0.25) is 5.91 Å². The molecule has 0 aliphatic heterocycles. The molecule has 1 atom stereocenters. The summed E-state index contributed by atoms with van der Waals surface area (Å²) in [6, 6.07) is 12.5. The summed E-state index contributed by atoms with van der Waals surface area (Å²) in [6.07, 6.45) is 1.51. The molecule has 1 aliphatic carbocycles. The molecule has 180 valence electrons. The Bertz CT molecular complexity index is 1450. The number of nitrogens with one attached hydrogen (secondary N) is 3. The lowest BCUT2D eigenvalue weighted by molar-refractivity contribution is -0.121. The predicted octanol–water partition coefficient (Wildman–Crippen LogP) is 4.22. The third-order valence-corrected chi connectivity index (χ3v) is 6.43. The standard InChI is InChI=1S/C26H25FN4O4/c1-35-21-10-9-14(11-17(21)27)12-20-25-23(15-5-2-3-7-18(15)30-25)16-6-4-8-19(24(16)31-20)29-22(32)13-28-26(33)34/h2-3,5,7,9-11,19,28,30H,4,6,8,12-13H2,1H3,(H,29,32)(H,33,34). The first-order valence-electron chi connectivity index (χ1n) is 11.4. The van der Waals surface area contributed by atoms with E-state index in [4.69, 9.17) is 14.8 Å². The Morgan fingerprint density at radius 3 is 2.86 bits per heavy atom. The third-order valence-electron chi connectivity index (χ3n) is 6.43. The predicted molar refractivity (Wildman–Crippen MR) is 129 cm³/mol. The smallest absolute Gasteiger partial charge is 0.405 e. The number of carboxylic acid groups (broad SMARTS) is 1. The number of aromatic amines is 1. The van der Waals surface area contributed by atoms with Gasteiger partial charge in [0, 0.05) is 22.7 Å². The number of aromatic nitrogens is 2. The number of H-pyrrole nitrogens is 1. The molecule has 0 bridgehead atoms. The van der Waals surface area contributed by atoms with Crippen LogP contribution in [0.15, 0.2) is 42.5 Å². The molecule has 8 nitrogen and oxygen atoms in total. The summed E-state index contributed by atoms with van der Waals surface area (Å²) in [4.78, 5) is 31.7. The summed E-state index contributed by atoms with van der Waals surface area (Å²) in [5.74, 6) is -0.669. The van der Waals surface area contributed by atoms with Crippen LogP contribution in [-0.2, 0) is 17.6 Å². The molecule has 9 heteroatoms. The lowest BCUT2D eigenvalue weighted by Gasteiger charge is -2.27. The second-order valence-electron chi connectivity index (χ2n) is 8.66. The highest BCUT2D eigenvalue weighted by Crippen LogP contribution is 2.38. The van der Waals surface area contributed by atoms with Crippen molar-refractivity contribution in [3.63, 3.8) is 0 Å². The van der Waals surface area contributed by atoms with Crippen molar-refractivity contribution in [2.24, 2.45) is 0 Å². The zero-order valence-electron chi connectivity index (χ0n) is 19.2. The number of carbonyl (C=O) groups is 2. The first-order chi connectivity index (χ1) is 16.9. The fraction of sp³-hybridized carbons (Fsp3) is 0.269. The van der Waals surface area contributed by atoms with Crippen LogP contribution < -0.4 is 15.4 Å². The van der Waals surface area contributed by atoms with Crippen LogP contribution in [0.1, 0.15) is 41.4 Å². The zero-order chi connectivity index (χ0) is 24.5. The van der Waals surface area contributed by atoms with Gasteiger partial charge in [-0.1, -0.05) is 24.3 Å². The highest BCUT2D eigenvalue weighted by molar-refractivity contribution is 6.10. The maximum absolute atomic E-state index is 14.4. The minimum absolute atomic E-state index is 0.181. The Morgan fingerprint density at radius 1 is 1.26 bits per heavy atom. The summed E-state index contributed by atoms with van der Waals surface area (Å²) in [5, 5.41) is 16.0. The van der Waals surface area contributed by atoms with E-state index < -0.39 is 17.8 Å². The van der Waals surface area contributed by atoms with E-state index in [1.807, 2.05) is 24.3 Å². The number of halogens is 1. The Morgan fingerprint density at radius 2 is 2.09 bits per heavy atom. The van der Waals surface area contributed by atoms with Crippen molar-refractivity contribution in [1.29, 1.82) is 0 Å². The Balaban J connectivity index is 1.61. The SMILES string of the molecule is COc1ccc(Cc2nc3c(c4c2[nH]c2ccccc24)CCCC3NC(=O)CNC(=O)O)cc1F. The molecule has 0 saturated carbocycles. The van der Waals surface area contributed by atoms with Gasteiger partial charge in [0.05, 0.1) is 30.1 Å². The van der Waals surface area contributed by atoms with E-state index in [1.165, 1.54) is 13.2 Å². The number of hydrogen-bond donors (Lipinski definition) is 4. The van der Waals surface area contributed by atoms with Crippen LogP contribution in [-0.4, -0.2) is 40.7 Å². The lowest BCUT2D eigenvalue weighted by Crippen LogP contribution is -2.39. The van der Waals surface area contributed by atoms with Gasteiger partial charge in [0.15, 0.2) is 11.6 Å². The van der Waals surface area contributed by atoms with E-state index in [9.17, 15) is 14.0 Å². The Labute approximate surface area is 200 Å². The average Bonchev–Trinajstić information content (AvgIpc) is 3.24. The minimum Gasteiger partial charge on any atom is -0.494 e. The van der Waals surface area contributed by atoms with Crippen molar-refractivity contribution >= 4 is 33.8 Å². The molecule has 0 saturated heterocycles. The number of ether oxygens (including phenoxy) is 1. The highest BCUT2D eigenvalue weighted by Gasteiger charge is 2.28. The molecule has 0 fully saturated rings. The summed E-state index contributed by atoms with van der Waals surface area (Å²) in [7, 11) is 1.43. The molecule has 2 aromatic carbocycles. The van der Waals surface area contributed by atoms with Gasteiger partial charge in [-0.05, 0) is 48.6 Å². The second-order valence-corrected chi connectivity index (χ2v) is 8.66. The number of methoxy groups -OCH3 is 1. The molecule has 2 amide bonds. The van der Waals surface area contributed by atoms with Crippen LogP contribution in [0.5, 0.6) is 5.75 Å². The molecule has 5 rings (SSSR count). The van der Waals surface area contributed by atoms with Gasteiger partial charge in [-0.3, -0.25) is 9.78 Å². The number of amides is 2. The topological polar surface area (TPSA) is 116 Å². The van der Waals surface area contributed by atoms with Crippen molar-refractivity contribution in [3.05, 3.63) is 70.8 Å². The summed E-state index contributed by atoms with van der Waals surface area (Å²) in [6.45, 7) is -0.325. The van der Waals surface area contributed by atoms with Crippen LogP contribution in [0.2, 0.25) is 0 Å². The first-order valence-corrected chi connectivity index (χ1v) is 11.4. The molecular weight excluding hydrogens is 451 g/mol. The number of hydrogen-bond acceptors (Lipinski definition) is 4. The Hall–Kier alpha value is -4.14. The van der Waals surface area contributed by atoms with Crippen LogP contribution in [0.4, 0.5) is 9.18 Å². The molecule has 35 heavy (non-hydrogen) atoms. The van der Waals surface area contributed by atoms with Gasteiger partial charge in [0.1, 0.15) is 6.54 Å². The van der Waals surface area contributed by atoms with Gasteiger partial charge in [0.25, 0.3) is 0 Å². The van der Waals surface area contributed by atoms with Crippen LogP contribution in [0.25, 0.3) is 21.8 Å². The number of rotatable bonds is 6. The zero-order valence-corrected chi connectivity index (χ0v) is 19.2. The van der Waals surface area contributed by atoms with Crippen molar-refractivity contribution in [2.75, 3.05) is 13.7 Å². The number of para-hydroxylation sites is 1. The summed E-state index contributed by atoms with van der Waals surface area (Å²) in [5.41, 5.74) is 5.24. The van der Waals surface area contributed by atoms with Gasteiger partial charge < -0.3 is 25.5 Å². The lowest BCUT2D eigenvalue weighted by atomic mass is 9.88. The number of pyridine rings is 1. The van der Waals surface area contributed by atoms with Crippen molar-refractivity contribution in [3.8, 4) is 5.75 Å². The maximum Gasteiger partial charge on any atom is 0.405 e. The van der Waals surface area contributed by atoms with E-state index in [1.54, 1.807) is 6.07 Å². The second kappa shape index (κ2) is 9.25. The summed E-state index contributed by atoms with van der Waals surface area (Å²) >= 11 is 0. The molecule has 4 N–H and O–H groups in total. The fourth-order valence-electron chi connectivity index (χ4n) is 4.91. The molecule has 1 unspecified atom stereocenters. The van der Waals surface area contributed by atoms with Crippen molar-refractivity contribution in [2.45, 2.75) is 31.7 Å². The highest BCUT2D eigenvalue weighted by atomic mass is 19.1. The molecule has 4 aromatic rings. The van der Waals surface area contributed by atoms with E-state index in [2.05, 4.69) is 21.7 Å². The van der Waals surface area contributed by atoms with Gasteiger partial charge in [-0.25, -0.2) is 9.18 Å². The first kappa shape index (κ1) is 22.6. The number of nitrogens with zero attached hydrogens (tertiary/aromatic N) is 1. The van der Waals surface area contributed by atoms with Crippen molar-refractivity contribution in [1.82, 2.24) is 20.6 Å². The number of fused-ring (bicyclic) bond motifs is 5. The molecule has 0 radical (unpaired) electrons. The van der Waals surface area contributed by atoms with Crippen LogP contribution >= 0.6 is 0 Å². The Kier molecular flexibility index (Phi) is 5.98. The van der Waals surface area contributed by atoms with E-state index in [0.29, 0.717) is 12.8 Å². The van der Waals surface area contributed by atoms with Gasteiger partial charge >= 0.3 is 6.09 Å². The summed E-state index contributed by atoms with van der Waals surface area (Å²) < 4.78 is 19.4. The largest absolute Gasteiger partial charge is 0.494 e. The molecule has 2 aromatic heterocycles.